The minimum atomic E-state index is -1.16. The van der Waals surface area contributed by atoms with Gasteiger partial charge >= 0.3 is 5.97 Å². The Balaban J connectivity index is 0.000000459. The number of rotatable bonds is 8. The molecule has 3 N–H and O–H groups in total. The topological polar surface area (TPSA) is 108 Å². The zero-order chi connectivity index (χ0) is 17.7. The van der Waals surface area contributed by atoms with Crippen molar-refractivity contribution >= 4 is 18.3 Å². The van der Waals surface area contributed by atoms with Crippen LogP contribution in [0.15, 0.2) is 30.3 Å². The fourth-order valence-corrected chi connectivity index (χ4v) is 1.49. The third kappa shape index (κ3) is 9.99. The number of carboxylic acids is 1. The molecule has 0 aliphatic heterocycles. The van der Waals surface area contributed by atoms with Crippen LogP contribution in [0, 0.1) is 0 Å². The fraction of sp³-hybridized carbons (Fsp3) is 0.400. The second kappa shape index (κ2) is 12.1. The van der Waals surface area contributed by atoms with Crippen LogP contribution < -0.4 is 10.6 Å². The maximum Gasteiger partial charge on any atom is 0.341 e. The molecule has 0 bridgehead atoms. The number of methoxy groups -OCH3 is 1. The van der Waals surface area contributed by atoms with Crippen LogP contribution in [0.4, 0.5) is 0 Å². The van der Waals surface area contributed by atoms with Crippen molar-refractivity contribution in [2.75, 3.05) is 27.7 Å². The van der Waals surface area contributed by atoms with Crippen molar-refractivity contribution in [3.8, 4) is 0 Å². The average molecular weight is 325 g/mol. The largest absolute Gasteiger partial charge is 0.479 e. The number of carboxylic acid groups (broad SMARTS) is 1. The minimum absolute atomic E-state index is 0.235. The van der Waals surface area contributed by atoms with Gasteiger partial charge in [-0.3, -0.25) is 14.5 Å². The number of aliphatic carboxylic acids is 1. The Hall–Kier alpha value is -2.45. The van der Waals surface area contributed by atoms with Gasteiger partial charge < -0.3 is 20.5 Å². The van der Waals surface area contributed by atoms with E-state index in [2.05, 4.69) is 10.6 Å². The highest BCUT2D eigenvalue weighted by Crippen LogP contribution is 1.98. The van der Waals surface area contributed by atoms with Gasteiger partial charge in [-0.25, -0.2) is 4.79 Å². The van der Waals surface area contributed by atoms with Gasteiger partial charge in [-0.2, -0.15) is 0 Å². The van der Waals surface area contributed by atoms with Gasteiger partial charge in [0.2, 0.25) is 12.3 Å². The second-order valence-corrected chi connectivity index (χ2v) is 4.69. The summed E-state index contributed by atoms with van der Waals surface area (Å²) in [7, 11) is 4.74. The third-order valence-electron chi connectivity index (χ3n) is 2.55. The van der Waals surface area contributed by atoms with E-state index in [0.717, 1.165) is 0 Å². The molecular formula is C15H23N3O5. The quantitative estimate of drug-likeness (QED) is 0.445. The fourth-order valence-electron chi connectivity index (χ4n) is 1.49. The maximum atomic E-state index is 11.0. The molecule has 0 radical (unpaired) electrons. The number of ether oxygens (including phenoxy) is 1. The Bertz CT molecular complexity index is 479. The normalized spacial score (nSPS) is 11.0. The lowest BCUT2D eigenvalue weighted by Gasteiger charge is -2.20. The molecule has 1 unspecified atom stereocenters. The molecule has 0 fully saturated rings. The molecule has 8 heteroatoms. The van der Waals surface area contributed by atoms with Crippen LogP contribution in [0.5, 0.6) is 0 Å². The zero-order valence-electron chi connectivity index (χ0n) is 13.5. The number of likely N-dealkylation sites (N-methyl/N-ethyl adjacent to an activating group) is 1. The van der Waals surface area contributed by atoms with Gasteiger partial charge in [-0.05, 0) is 19.7 Å². The predicted octanol–water partition coefficient (Wildman–Crippen LogP) is -0.346. The smallest absolute Gasteiger partial charge is 0.341 e. The molecule has 8 nitrogen and oxygen atoms in total. The first-order valence-corrected chi connectivity index (χ1v) is 6.80. The summed E-state index contributed by atoms with van der Waals surface area (Å²) in [4.78, 5) is 32.8. The summed E-state index contributed by atoms with van der Waals surface area (Å²) in [5.41, 5.74) is 1.22. The molecule has 0 aliphatic rings. The van der Waals surface area contributed by atoms with E-state index in [4.69, 9.17) is 9.84 Å². The van der Waals surface area contributed by atoms with Crippen LogP contribution >= 0.6 is 0 Å². The summed E-state index contributed by atoms with van der Waals surface area (Å²) in [5.74, 6) is -1.72. The van der Waals surface area contributed by atoms with Crippen LogP contribution in [-0.2, 0) is 25.7 Å². The van der Waals surface area contributed by atoms with Crippen molar-refractivity contribution in [2.45, 2.75) is 12.8 Å². The lowest BCUT2D eigenvalue weighted by atomic mass is 10.2. The highest BCUT2D eigenvalue weighted by Gasteiger charge is 2.21. The summed E-state index contributed by atoms with van der Waals surface area (Å²) < 4.78 is 4.93. The van der Waals surface area contributed by atoms with Crippen molar-refractivity contribution in [3.63, 3.8) is 0 Å². The summed E-state index contributed by atoms with van der Waals surface area (Å²) in [6.07, 6.45) is -0.721. The van der Waals surface area contributed by atoms with Crippen molar-refractivity contribution < 1.29 is 24.2 Å². The van der Waals surface area contributed by atoms with E-state index in [9.17, 15) is 14.4 Å². The Morgan fingerprint density at radius 2 is 1.91 bits per heavy atom. The van der Waals surface area contributed by atoms with Gasteiger partial charge in [0.05, 0.1) is 13.2 Å². The first kappa shape index (κ1) is 20.6. The van der Waals surface area contributed by atoms with E-state index in [1.807, 2.05) is 30.3 Å². The standard InChI is InChI=1S/C8H10O.C7H13N3O4/c1-9-7-8-5-3-2-4-6-8;1-10(2)6(7(13)14)9-5(12)3-8-4-11/h2-6H,7H2,1H3;4,6H,3H2,1-2H3,(H,8,11)(H,9,12)(H,13,14). The molecule has 128 valence electrons. The van der Waals surface area contributed by atoms with Gasteiger partial charge in [0.1, 0.15) is 0 Å². The van der Waals surface area contributed by atoms with Gasteiger partial charge in [0.15, 0.2) is 6.17 Å². The Kier molecular flexibility index (Phi) is 10.8. The van der Waals surface area contributed by atoms with Crippen molar-refractivity contribution in [3.05, 3.63) is 35.9 Å². The highest BCUT2D eigenvalue weighted by molar-refractivity contribution is 5.85. The van der Waals surface area contributed by atoms with Crippen molar-refractivity contribution in [1.29, 1.82) is 0 Å². The summed E-state index contributed by atoms with van der Waals surface area (Å²) >= 11 is 0. The van der Waals surface area contributed by atoms with Gasteiger partial charge in [0, 0.05) is 7.11 Å². The van der Waals surface area contributed by atoms with Gasteiger partial charge in [-0.15, -0.1) is 0 Å². The minimum Gasteiger partial charge on any atom is -0.479 e. The van der Waals surface area contributed by atoms with E-state index in [-0.39, 0.29) is 6.54 Å². The van der Waals surface area contributed by atoms with E-state index in [1.54, 1.807) is 7.11 Å². The number of amides is 2. The lowest BCUT2D eigenvalue weighted by molar-refractivity contribution is -0.146. The van der Waals surface area contributed by atoms with E-state index >= 15 is 0 Å². The summed E-state index contributed by atoms with van der Waals surface area (Å²) in [6.45, 7) is 0.474. The Labute approximate surface area is 135 Å². The molecule has 1 rings (SSSR count). The molecule has 1 atom stereocenters. The lowest BCUT2D eigenvalue weighted by Crippen LogP contribution is -2.51. The summed E-state index contributed by atoms with van der Waals surface area (Å²) in [5, 5.41) is 13.0. The summed E-state index contributed by atoms with van der Waals surface area (Å²) in [6, 6.07) is 10.1. The van der Waals surface area contributed by atoms with Gasteiger partial charge in [0.25, 0.3) is 0 Å². The Morgan fingerprint density at radius 3 is 2.35 bits per heavy atom. The second-order valence-electron chi connectivity index (χ2n) is 4.69. The molecule has 0 saturated heterocycles. The molecular weight excluding hydrogens is 302 g/mol. The Morgan fingerprint density at radius 1 is 1.30 bits per heavy atom. The SMILES string of the molecule is CN(C)C(NC(=O)CNC=O)C(=O)O.COCc1ccccc1. The monoisotopic (exact) mass is 325 g/mol. The number of nitrogens with zero attached hydrogens (tertiary/aromatic N) is 1. The van der Waals surface area contributed by atoms with Crippen LogP contribution in [-0.4, -0.2) is 62.2 Å². The molecule has 1 aromatic rings. The van der Waals surface area contributed by atoms with E-state index in [0.29, 0.717) is 13.0 Å². The number of benzene rings is 1. The van der Waals surface area contributed by atoms with Crippen molar-refractivity contribution in [1.82, 2.24) is 15.5 Å². The third-order valence-corrected chi connectivity index (χ3v) is 2.55. The molecule has 0 aromatic heterocycles. The number of hydrogen-bond acceptors (Lipinski definition) is 5. The molecule has 2 amide bonds. The predicted molar refractivity (Wildman–Crippen MR) is 84.5 cm³/mol. The molecule has 0 saturated carbocycles. The van der Waals surface area contributed by atoms with Crippen LogP contribution in [0.2, 0.25) is 0 Å². The average Bonchev–Trinajstić information content (AvgIpc) is 2.52. The molecule has 0 aliphatic carbocycles. The highest BCUT2D eigenvalue weighted by atomic mass is 16.5. The first-order valence-electron chi connectivity index (χ1n) is 6.80. The van der Waals surface area contributed by atoms with Crippen LogP contribution in [0.1, 0.15) is 5.56 Å². The van der Waals surface area contributed by atoms with Crippen LogP contribution in [0.3, 0.4) is 0 Å². The zero-order valence-corrected chi connectivity index (χ0v) is 13.5. The maximum absolute atomic E-state index is 11.0. The van der Waals surface area contributed by atoms with E-state index < -0.39 is 18.0 Å². The van der Waals surface area contributed by atoms with E-state index in [1.165, 1.54) is 24.6 Å². The molecule has 0 heterocycles. The van der Waals surface area contributed by atoms with Crippen molar-refractivity contribution in [2.24, 2.45) is 0 Å². The van der Waals surface area contributed by atoms with Gasteiger partial charge in [-0.1, -0.05) is 30.3 Å². The number of hydrogen-bond donors (Lipinski definition) is 3. The molecule has 23 heavy (non-hydrogen) atoms. The first-order chi connectivity index (χ1) is 10.9. The number of carbonyl (C=O) groups excluding carboxylic acids is 2. The number of nitrogens with one attached hydrogen (secondary N) is 2. The molecule has 0 spiro atoms. The van der Waals surface area contributed by atoms with Crippen LogP contribution in [0.25, 0.3) is 0 Å². The molecule has 1 aromatic carbocycles. The number of carbonyl (C=O) groups is 3.